The van der Waals surface area contributed by atoms with Crippen molar-refractivity contribution < 1.29 is 0 Å². The van der Waals surface area contributed by atoms with Crippen molar-refractivity contribution in [2.24, 2.45) is 11.7 Å². The Morgan fingerprint density at radius 1 is 1.60 bits per heavy atom. The van der Waals surface area contributed by atoms with E-state index in [9.17, 15) is 4.79 Å². The smallest absolute Gasteiger partial charge is 0.251 e. The number of hydrogen-bond donors (Lipinski definition) is 2. The van der Waals surface area contributed by atoms with Crippen LogP contribution in [0.4, 0.5) is 0 Å². The molecular weight excluding hydrogens is 210 g/mol. The highest BCUT2D eigenvalue weighted by Crippen LogP contribution is 2.14. The molecule has 0 aliphatic carbocycles. The van der Waals surface area contributed by atoms with Gasteiger partial charge in [0.2, 0.25) is 0 Å². The minimum Gasteiger partial charge on any atom is -0.327 e. The van der Waals surface area contributed by atoms with E-state index in [1.807, 2.05) is 6.92 Å². The van der Waals surface area contributed by atoms with Crippen LogP contribution in [0.3, 0.4) is 0 Å². The lowest BCUT2D eigenvalue weighted by Crippen LogP contribution is -2.29. The van der Waals surface area contributed by atoms with E-state index in [2.05, 4.69) is 23.8 Å². The van der Waals surface area contributed by atoms with Gasteiger partial charge in [0.25, 0.3) is 5.56 Å². The first kappa shape index (κ1) is 12.3. The molecule has 0 saturated heterocycles. The average molecular weight is 227 g/mol. The van der Waals surface area contributed by atoms with Gasteiger partial charge < -0.3 is 10.7 Å². The maximum Gasteiger partial charge on any atom is 0.251 e. The molecule has 1 aromatic rings. The molecule has 84 valence electrons. The Morgan fingerprint density at radius 2 is 2.27 bits per heavy atom. The van der Waals surface area contributed by atoms with Crippen molar-refractivity contribution in [3.8, 4) is 0 Å². The van der Waals surface area contributed by atoms with Crippen LogP contribution in [0.1, 0.15) is 19.5 Å². The van der Waals surface area contributed by atoms with Gasteiger partial charge in [0.1, 0.15) is 0 Å². The molecule has 1 heterocycles. The van der Waals surface area contributed by atoms with E-state index in [4.69, 9.17) is 5.73 Å². The minimum absolute atomic E-state index is 0.108. The third-order valence-electron chi connectivity index (χ3n) is 2.12. The Morgan fingerprint density at radius 3 is 2.80 bits per heavy atom. The van der Waals surface area contributed by atoms with Gasteiger partial charge in [-0.05, 0) is 12.8 Å². The highest BCUT2D eigenvalue weighted by atomic mass is 32.2. The summed E-state index contributed by atoms with van der Waals surface area (Å²) >= 11 is 1.49. The number of nitrogens with zero attached hydrogens (tertiary/aromatic N) is 1. The predicted octanol–water partition coefficient (Wildman–Crippen LogP) is 1.15. The molecule has 0 fully saturated rings. The largest absolute Gasteiger partial charge is 0.327 e. The van der Waals surface area contributed by atoms with E-state index in [-0.39, 0.29) is 11.6 Å². The van der Waals surface area contributed by atoms with Gasteiger partial charge in [-0.2, -0.15) is 0 Å². The van der Waals surface area contributed by atoms with Crippen LogP contribution < -0.4 is 11.3 Å². The molecule has 1 rings (SSSR count). The first-order valence-corrected chi connectivity index (χ1v) is 5.94. The molecule has 15 heavy (non-hydrogen) atoms. The number of thioether (sulfide) groups is 1. The number of hydrogen-bond acceptors (Lipinski definition) is 4. The predicted molar refractivity (Wildman–Crippen MR) is 63.1 cm³/mol. The van der Waals surface area contributed by atoms with Crippen LogP contribution in [0.2, 0.25) is 0 Å². The van der Waals surface area contributed by atoms with Crippen LogP contribution in [0.15, 0.2) is 16.0 Å². The summed E-state index contributed by atoms with van der Waals surface area (Å²) in [7, 11) is 0. The first-order valence-electron chi connectivity index (χ1n) is 4.95. The number of nitrogens with one attached hydrogen (secondary N) is 1. The minimum atomic E-state index is -0.108. The van der Waals surface area contributed by atoms with Crippen molar-refractivity contribution in [1.29, 1.82) is 0 Å². The standard InChI is InChI=1S/C10H17N3OS/c1-6(2)8(11)5-15-10-12-7(3)4-9(14)13-10/h4,6,8H,5,11H2,1-3H3,(H,12,13,14). The van der Waals surface area contributed by atoms with Gasteiger partial charge in [-0.25, -0.2) is 4.98 Å². The summed E-state index contributed by atoms with van der Waals surface area (Å²) in [5, 5.41) is 0.649. The van der Waals surface area contributed by atoms with Crippen molar-refractivity contribution in [1.82, 2.24) is 9.97 Å². The number of nitrogens with two attached hydrogens (primary N) is 1. The quantitative estimate of drug-likeness (QED) is 0.598. The van der Waals surface area contributed by atoms with Gasteiger partial charge in [0, 0.05) is 23.6 Å². The fourth-order valence-electron chi connectivity index (χ4n) is 0.988. The molecule has 0 aliphatic heterocycles. The molecule has 0 aliphatic rings. The molecule has 0 saturated carbocycles. The number of H-pyrrole nitrogens is 1. The van der Waals surface area contributed by atoms with E-state index < -0.39 is 0 Å². The maximum absolute atomic E-state index is 11.1. The van der Waals surface area contributed by atoms with E-state index in [0.29, 0.717) is 11.1 Å². The zero-order valence-corrected chi connectivity index (χ0v) is 10.1. The van der Waals surface area contributed by atoms with Gasteiger partial charge in [0.15, 0.2) is 5.16 Å². The van der Waals surface area contributed by atoms with Crippen molar-refractivity contribution >= 4 is 11.8 Å². The zero-order valence-electron chi connectivity index (χ0n) is 9.28. The van der Waals surface area contributed by atoms with Gasteiger partial charge >= 0.3 is 0 Å². The number of rotatable bonds is 4. The van der Waals surface area contributed by atoms with Crippen LogP contribution >= 0.6 is 11.8 Å². The Labute approximate surface area is 93.7 Å². The number of aromatic amines is 1. The highest BCUT2D eigenvalue weighted by molar-refractivity contribution is 7.99. The van der Waals surface area contributed by atoms with Crippen molar-refractivity contribution in [2.45, 2.75) is 32.0 Å². The Bertz CT molecular complexity index is 375. The number of aryl methyl sites for hydroxylation is 1. The van der Waals surface area contributed by atoms with Crippen LogP contribution in [0, 0.1) is 12.8 Å². The van der Waals surface area contributed by atoms with Crippen LogP contribution in [-0.2, 0) is 0 Å². The van der Waals surface area contributed by atoms with Crippen molar-refractivity contribution in [2.75, 3.05) is 5.75 Å². The Hall–Kier alpha value is -0.810. The molecule has 1 aromatic heterocycles. The van der Waals surface area contributed by atoms with E-state index >= 15 is 0 Å². The molecule has 0 aromatic carbocycles. The molecule has 0 amide bonds. The van der Waals surface area contributed by atoms with E-state index in [1.165, 1.54) is 17.8 Å². The molecule has 5 heteroatoms. The highest BCUT2D eigenvalue weighted by Gasteiger charge is 2.09. The van der Waals surface area contributed by atoms with Gasteiger partial charge in [-0.3, -0.25) is 4.79 Å². The number of aromatic nitrogens is 2. The fourth-order valence-corrected chi connectivity index (χ4v) is 2.10. The Balaban J connectivity index is 2.61. The van der Waals surface area contributed by atoms with Crippen molar-refractivity contribution in [3.63, 3.8) is 0 Å². The van der Waals surface area contributed by atoms with Gasteiger partial charge in [-0.1, -0.05) is 25.6 Å². The molecule has 0 spiro atoms. The lowest BCUT2D eigenvalue weighted by Gasteiger charge is -2.14. The molecule has 4 nitrogen and oxygen atoms in total. The van der Waals surface area contributed by atoms with Gasteiger partial charge in [0.05, 0.1) is 0 Å². The lowest BCUT2D eigenvalue weighted by molar-refractivity contribution is 0.535. The molecule has 0 radical (unpaired) electrons. The lowest BCUT2D eigenvalue weighted by atomic mass is 10.1. The fraction of sp³-hybridized carbons (Fsp3) is 0.600. The summed E-state index contributed by atoms with van der Waals surface area (Å²) in [6.45, 7) is 5.97. The Kier molecular flexibility index (Phi) is 4.35. The summed E-state index contributed by atoms with van der Waals surface area (Å²) in [5.74, 6) is 1.21. The van der Waals surface area contributed by atoms with Crippen LogP contribution in [0.25, 0.3) is 0 Å². The summed E-state index contributed by atoms with van der Waals surface area (Å²) in [6.07, 6.45) is 0. The summed E-state index contributed by atoms with van der Waals surface area (Å²) in [6, 6.07) is 1.60. The topological polar surface area (TPSA) is 71.8 Å². The molecule has 3 N–H and O–H groups in total. The van der Waals surface area contributed by atoms with E-state index in [0.717, 1.165) is 11.4 Å². The SMILES string of the molecule is Cc1cc(=O)[nH]c(SCC(N)C(C)C)n1. The van der Waals surface area contributed by atoms with Gasteiger partial charge in [-0.15, -0.1) is 0 Å². The zero-order chi connectivity index (χ0) is 11.4. The molecule has 1 unspecified atom stereocenters. The molecular formula is C10H17N3OS. The first-order chi connectivity index (χ1) is 6.99. The van der Waals surface area contributed by atoms with Crippen molar-refractivity contribution in [3.05, 3.63) is 22.1 Å². The summed E-state index contributed by atoms with van der Waals surface area (Å²) in [5.41, 5.74) is 6.53. The summed E-state index contributed by atoms with van der Waals surface area (Å²) < 4.78 is 0. The second-order valence-electron chi connectivity index (χ2n) is 3.91. The van der Waals surface area contributed by atoms with Crippen LogP contribution in [0.5, 0.6) is 0 Å². The average Bonchev–Trinajstić information content (AvgIpc) is 2.12. The monoisotopic (exact) mass is 227 g/mol. The van der Waals surface area contributed by atoms with E-state index in [1.54, 1.807) is 0 Å². The summed E-state index contributed by atoms with van der Waals surface area (Å²) in [4.78, 5) is 18.0. The second-order valence-corrected chi connectivity index (χ2v) is 4.92. The maximum atomic E-state index is 11.1. The molecule has 1 atom stereocenters. The normalized spacial score (nSPS) is 13.1. The third kappa shape index (κ3) is 4.05. The third-order valence-corrected chi connectivity index (χ3v) is 3.14. The van der Waals surface area contributed by atoms with Crippen LogP contribution in [-0.4, -0.2) is 21.8 Å². The second kappa shape index (κ2) is 5.32. The molecule has 0 bridgehead atoms.